The average molecular weight is 248 g/mol. The summed E-state index contributed by atoms with van der Waals surface area (Å²) in [6, 6.07) is 6.53. The Hall–Kier alpha value is -1.23. The van der Waals surface area contributed by atoms with Gasteiger partial charge in [0, 0.05) is 7.11 Å². The van der Waals surface area contributed by atoms with Gasteiger partial charge in [-0.2, -0.15) is 13.2 Å². The van der Waals surface area contributed by atoms with Gasteiger partial charge in [-0.25, -0.2) is 0 Å². The highest BCUT2D eigenvalue weighted by Crippen LogP contribution is 2.32. The Kier molecular flexibility index (Phi) is 4.81. The summed E-state index contributed by atoms with van der Waals surface area (Å²) >= 11 is 0. The molecule has 0 saturated heterocycles. The van der Waals surface area contributed by atoms with Gasteiger partial charge in [-0.3, -0.25) is 0 Å². The van der Waals surface area contributed by atoms with E-state index in [1.54, 1.807) is 24.3 Å². The molecule has 1 rings (SSSR count). The summed E-state index contributed by atoms with van der Waals surface area (Å²) in [5.74, 6) is 0.550. The lowest BCUT2D eigenvalue weighted by Gasteiger charge is -2.18. The number of halogens is 3. The molecule has 0 aliphatic heterocycles. The van der Waals surface area contributed by atoms with Crippen LogP contribution in [0.25, 0.3) is 0 Å². The highest BCUT2D eigenvalue weighted by Gasteiger charge is 2.32. The number of alkyl halides is 3. The molecule has 0 aliphatic carbocycles. The van der Waals surface area contributed by atoms with Crippen LogP contribution in [0, 0.1) is 0 Å². The van der Waals surface area contributed by atoms with Crippen LogP contribution < -0.4 is 4.74 Å². The first-order chi connectivity index (χ1) is 7.96. The minimum atomic E-state index is -4.25. The largest absolute Gasteiger partial charge is 0.494 e. The number of benzene rings is 1. The zero-order valence-corrected chi connectivity index (χ0v) is 9.75. The minimum absolute atomic E-state index is 0.468. The van der Waals surface area contributed by atoms with E-state index >= 15 is 0 Å². The third-order valence-electron chi connectivity index (χ3n) is 2.24. The minimum Gasteiger partial charge on any atom is -0.494 e. The second-order valence-corrected chi connectivity index (χ2v) is 3.55. The topological polar surface area (TPSA) is 18.5 Å². The molecule has 2 nitrogen and oxygen atoms in total. The number of hydrogen-bond acceptors (Lipinski definition) is 2. The summed E-state index contributed by atoms with van der Waals surface area (Å²) in [6.07, 6.45) is -6.24. The molecule has 0 saturated carbocycles. The number of rotatable bonds is 5. The molecule has 0 radical (unpaired) electrons. The quantitative estimate of drug-likeness (QED) is 0.790. The van der Waals surface area contributed by atoms with Crippen LogP contribution in [0.3, 0.4) is 0 Å². The first kappa shape index (κ1) is 13.8. The monoisotopic (exact) mass is 248 g/mol. The van der Waals surface area contributed by atoms with E-state index in [0.29, 0.717) is 17.9 Å². The van der Waals surface area contributed by atoms with E-state index in [2.05, 4.69) is 0 Å². The van der Waals surface area contributed by atoms with E-state index in [4.69, 9.17) is 9.47 Å². The van der Waals surface area contributed by atoms with Gasteiger partial charge in [0.05, 0.1) is 19.1 Å². The van der Waals surface area contributed by atoms with Crippen LogP contribution in [-0.4, -0.2) is 19.9 Å². The lowest BCUT2D eigenvalue weighted by Crippen LogP contribution is -2.15. The maximum atomic E-state index is 12.3. The summed E-state index contributed by atoms with van der Waals surface area (Å²) in [7, 11) is 1.27. The van der Waals surface area contributed by atoms with E-state index in [1.165, 1.54) is 7.11 Å². The third kappa shape index (κ3) is 4.65. The van der Waals surface area contributed by atoms with Crippen LogP contribution in [0.2, 0.25) is 0 Å². The van der Waals surface area contributed by atoms with Crippen molar-refractivity contribution in [3.05, 3.63) is 29.8 Å². The van der Waals surface area contributed by atoms with Crippen LogP contribution >= 0.6 is 0 Å². The second kappa shape index (κ2) is 5.91. The van der Waals surface area contributed by atoms with Crippen molar-refractivity contribution in [3.63, 3.8) is 0 Å². The number of hydrogen-bond donors (Lipinski definition) is 0. The van der Waals surface area contributed by atoms with Gasteiger partial charge in [0.2, 0.25) is 0 Å². The summed E-state index contributed by atoms with van der Waals surface area (Å²) in [6.45, 7) is 2.29. The summed E-state index contributed by atoms with van der Waals surface area (Å²) < 4.78 is 47.1. The van der Waals surface area contributed by atoms with Gasteiger partial charge in [0.15, 0.2) is 0 Å². The van der Waals surface area contributed by atoms with Crippen molar-refractivity contribution in [2.24, 2.45) is 0 Å². The van der Waals surface area contributed by atoms with Crippen molar-refractivity contribution in [3.8, 4) is 5.75 Å². The Morgan fingerprint density at radius 1 is 1.29 bits per heavy atom. The zero-order chi connectivity index (χ0) is 12.9. The Bertz CT molecular complexity index is 350. The molecule has 1 unspecified atom stereocenters. The Morgan fingerprint density at radius 3 is 2.53 bits per heavy atom. The first-order valence-electron chi connectivity index (χ1n) is 5.28. The maximum absolute atomic E-state index is 12.3. The van der Waals surface area contributed by atoms with Gasteiger partial charge < -0.3 is 9.47 Å². The fourth-order valence-corrected chi connectivity index (χ4v) is 1.52. The predicted molar refractivity (Wildman–Crippen MR) is 58.0 cm³/mol. The smallest absolute Gasteiger partial charge is 0.391 e. The van der Waals surface area contributed by atoms with Crippen molar-refractivity contribution in [2.75, 3.05) is 13.7 Å². The molecule has 0 aliphatic rings. The van der Waals surface area contributed by atoms with Crippen molar-refractivity contribution >= 4 is 0 Å². The fourth-order valence-electron chi connectivity index (χ4n) is 1.52. The SMILES string of the molecule is CCOc1cccc(C(CC(F)(F)F)OC)c1. The molecular weight excluding hydrogens is 233 g/mol. The first-order valence-corrected chi connectivity index (χ1v) is 5.28. The molecule has 0 aromatic heterocycles. The van der Waals surface area contributed by atoms with E-state index in [0.717, 1.165) is 0 Å². The third-order valence-corrected chi connectivity index (χ3v) is 2.24. The van der Waals surface area contributed by atoms with Gasteiger partial charge in [-0.05, 0) is 24.6 Å². The molecule has 1 atom stereocenters. The van der Waals surface area contributed by atoms with E-state index in [1.807, 2.05) is 6.92 Å². The normalized spacial score (nSPS) is 13.5. The average Bonchev–Trinajstić information content (AvgIpc) is 2.25. The summed E-state index contributed by atoms with van der Waals surface area (Å²) in [5.41, 5.74) is 0.468. The van der Waals surface area contributed by atoms with Crippen LogP contribution in [0.5, 0.6) is 5.75 Å². The highest BCUT2D eigenvalue weighted by atomic mass is 19.4. The molecule has 0 spiro atoms. The van der Waals surface area contributed by atoms with E-state index in [-0.39, 0.29) is 0 Å². The Balaban J connectivity index is 2.84. The van der Waals surface area contributed by atoms with Crippen molar-refractivity contribution < 1.29 is 22.6 Å². The van der Waals surface area contributed by atoms with Crippen LogP contribution in [0.15, 0.2) is 24.3 Å². The summed E-state index contributed by atoms with van der Waals surface area (Å²) in [4.78, 5) is 0. The van der Waals surface area contributed by atoms with Gasteiger partial charge in [0.25, 0.3) is 0 Å². The van der Waals surface area contributed by atoms with E-state index < -0.39 is 18.7 Å². The van der Waals surface area contributed by atoms with Crippen molar-refractivity contribution in [2.45, 2.75) is 25.6 Å². The van der Waals surface area contributed by atoms with E-state index in [9.17, 15) is 13.2 Å². The molecule has 1 aromatic carbocycles. The van der Waals surface area contributed by atoms with Crippen molar-refractivity contribution in [1.82, 2.24) is 0 Å². The molecule has 5 heteroatoms. The second-order valence-electron chi connectivity index (χ2n) is 3.55. The van der Waals surface area contributed by atoms with Crippen LogP contribution in [0.4, 0.5) is 13.2 Å². The van der Waals surface area contributed by atoms with Gasteiger partial charge in [-0.15, -0.1) is 0 Å². The molecule has 0 fully saturated rings. The Morgan fingerprint density at radius 2 is 2.00 bits per heavy atom. The molecule has 0 amide bonds. The molecular formula is C12H15F3O2. The predicted octanol–water partition coefficient (Wildman–Crippen LogP) is 3.73. The molecule has 1 aromatic rings. The molecule has 0 bridgehead atoms. The number of ether oxygens (including phenoxy) is 2. The molecule has 0 heterocycles. The lowest BCUT2D eigenvalue weighted by molar-refractivity contribution is -0.158. The van der Waals surface area contributed by atoms with Gasteiger partial charge in [0.1, 0.15) is 5.75 Å². The zero-order valence-electron chi connectivity index (χ0n) is 9.75. The lowest BCUT2D eigenvalue weighted by atomic mass is 10.1. The maximum Gasteiger partial charge on any atom is 0.391 e. The number of methoxy groups -OCH3 is 1. The summed E-state index contributed by atoms with van der Waals surface area (Å²) in [5, 5.41) is 0. The van der Waals surface area contributed by atoms with Crippen LogP contribution in [0.1, 0.15) is 25.0 Å². The standard InChI is InChI=1S/C12H15F3O2/c1-3-17-10-6-4-5-9(7-10)11(16-2)8-12(13,14)15/h4-7,11H,3,8H2,1-2H3. The molecule has 0 N–H and O–H groups in total. The van der Waals surface area contributed by atoms with Crippen LogP contribution in [-0.2, 0) is 4.74 Å². The Labute approximate surface area is 98.3 Å². The van der Waals surface area contributed by atoms with Gasteiger partial charge in [-0.1, -0.05) is 12.1 Å². The fraction of sp³-hybridized carbons (Fsp3) is 0.500. The van der Waals surface area contributed by atoms with Crippen molar-refractivity contribution in [1.29, 1.82) is 0 Å². The molecule has 96 valence electrons. The van der Waals surface area contributed by atoms with Gasteiger partial charge >= 0.3 is 6.18 Å². The molecule has 17 heavy (non-hydrogen) atoms. The highest BCUT2D eigenvalue weighted by molar-refractivity contribution is 5.30.